The Hall–Kier alpha value is 0.154. The number of hydrogen-bond donors (Lipinski definition) is 0. The Bertz CT molecular complexity index is 164. The largest absolute Gasteiger partial charge is 0.479 e. The van der Waals surface area contributed by atoms with Crippen LogP contribution in [-0.4, -0.2) is 16.5 Å². The summed E-state index contributed by atoms with van der Waals surface area (Å²) in [5.41, 5.74) is -2.17. The molecule has 0 aromatic heterocycles. The van der Waals surface area contributed by atoms with E-state index in [1.165, 1.54) is 13.8 Å². The molecule has 0 nitrogen and oxygen atoms in total. The lowest BCUT2D eigenvalue weighted by Gasteiger charge is -2.29. The summed E-state index contributed by atoms with van der Waals surface area (Å²) in [7, 11) is -10.6. The summed E-state index contributed by atoms with van der Waals surface area (Å²) in [5, 5.41) is 0. The third-order valence-corrected chi connectivity index (χ3v) is 12.7. The predicted octanol–water partition coefficient (Wildman–Crippen LogP) is 4.43. The van der Waals surface area contributed by atoms with Crippen molar-refractivity contribution < 1.29 is 16.4 Å². The van der Waals surface area contributed by atoms with Crippen molar-refractivity contribution in [1.29, 1.82) is 0 Å². The van der Waals surface area contributed by atoms with Gasteiger partial charge in [-0.2, -0.15) is 0 Å². The van der Waals surface area contributed by atoms with Crippen LogP contribution in [0.25, 0.3) is 0 Å². The summed E-state index contributed by atoms with van der Waals surface area (Å²) in [5.74, 6) is 0. The van der Waals surface area contributed by atoms with Crippen LogP contribution in [0.15, 0.2) is 0 Å². The maximum absolute atomic E-state index is 13.5. The van der Waals surface area contributed by atoms with E-state index in [4.69, 9.17) is 0 Å². The minimum Gasteiger partial charge on any atom is -0.268 e. The third kappa shape index (κ3) is 2.39. The van der Waals surface area contributed by atoms with Gasteiger partial charge in [0.05, 0.1) is 0 Å². The zero-order chi connectivity index (χ0) is 11.6. The molecule has 2 unspecified atom stereocenters. The van der Waals surface area contributed by atoms with Crippen LogP contribution in [0, 0.1) is 0 Å². The number of hydrogen-bond acceptors (Lipinski definition) is 0. The van der Waals surface area contributed by atoms with Gasteiger partial charge in [-0.1, -0.05) is 40.5 Å². The zero-order valence-corrected chi connectivity index (χ0v) is 11.1. The maximum Gasteiger partial charge on any atom is 0.479 e. The lowest BCUT2D eigenvalue weighted by molar-refractivity contribution is 0.500. The first-order valence-electron chi connectivity index (χ1n) is 4.97. The van der Waals surface area contributed by atoms with Gasteiger partial charge in [0.1, 0.15) is 0 Å². The van der Waals surface area contributed by atoms with Gasteiger partial charge in [-0.25, -0.2) is 0 Å². The van der Waals surface area contributed by atoms with Crippen molar-refractivity contribution in [2.24, 2.45) is 0 Å². The molecule has 0 saturated carbocycles. The highest BCUT2D eigenvalue weighted by atomic mass is 29.3. The molecule has 86 valence electrons. The second-order valence-corrected chi connectivity index (χ2v) is 12.3. The molecule has 14 heavy (non-hydrogen) atoms. The topological polar surface area (TPSA) is 0 Å². The van der Waals surface area contributed by atoms with Gasteiger partial charge in [0.25, 0.3) is 0 Å². The van der Waals surface area contributed by atoms with Crippen molar-refractivity contribution >= 4 is 16.5 Å². The van der Waals surface area contributed by atoms with Crippen molar-refractivity contribution in [2.45, 2.75) is 51.6 Å². The molecule has 0 fully saturated rings. The molecule has 2 atom stereocenters. The molecule has 0 saturated heterocycles. The molecule has 0 aromatic rings. The van der Waals surface area contributed by atoms with E-state index in [1.807, 2.05) is 0 Å². The summed E-state index contributed by atoms with van der Waals surface area (Å²) >= 11 is 0. The van der Waals surface area contributed by atoms with Crippen LogP contribution in [0.3, 0.4) is 0 Å². The van der Waals surface area contributed by atoms with Crippen molar-refractivity contribution in [3.8, 4) is 0 Å². The van der Waals surface area contributed by atoms with Crippen molar-refractivity contribution in [3.05, 3.63) is 0 Å². The van der Waals surface area contributed by atoms with E-state index < -0.39 is 27.6 Å². The van der Waals surface area contributed by atoms with Crippen LogP contribution in [0.5, 0.6) is 0 Å². The minimum atomic E-state index is -5.31. The number of halogens is 4. The van der Waals surface area contributed by atoms with Gasteiger partial charge in [-0.05, 0) is 0 Å². The van der Waals surface area contributed by atoms with Crippen LogP contribution in [0.1, 0.15) is 40.5 Å². The highest BCUT2D eigenvalue weighted by molar-refractivity contribution is 7.32. The molecule has 0 aliphatic heterocycles. The number of rotatable bonds is 5. The monoisotopic (exact) mass is 246 g/mol. The second-order valence-electron chi connectivity index (χ2n) is 3.86. The van der Waals surface area contributed by atoms with Gasteiger partial charge in [-0.3, -0.25) is 16.4 Å². The molecule has 0 aliphatic carbocycles. The van der Waals surface area contributed by atoms with Crippen LogP contribution in [-0.2, 0) is 0 Å². The summed E-state index contributed by atoms with van der Waals surface area (Å²) in [6.45, 7) is 5.62. The Morgan fingerprint density at radius 2 is 1.00 bits per heavy atom. The Balaban J connectivity index is 4.85. The van der Waals surface area contributed by atoms with Crippen LogP contribution in [0.2, 0.25) is 11.1 Å². The molecule has 0 aromatic carbocycles. The molecule has 0 bridgehead atoms. The quantitative estimate of drug-likeness (QED) is 0.382. The molecule has 0 N–H and O–H groups in total. The molecule has 0 aliphatic rings. The van der Waals surface area contributed by atoms with Gasteiger partial charge >= 0.3 is 16.5 Å². The van der Waals surface area contributed by atoms with Gasteiger partial charge < -0.3 is 0 Å². The summed E-state index contributed by atoms with van der Waals surface area (Å²) in [6.07, 6.45) is 0.302. The fraction of sp³-hybridized carbons (Fsp3) is 1.00. The van der Waals surface area contributed by atoms with Gasteiger partial charge in [0, 0.05) is 11.1 Å². The Morgan fingerprint density at radius 1 is 0.786 bits per heavy atom. The van der Waals surface area contributed by atoms with E-state index in [-0.39, 0.29) is 12.8 Å². The molecule has 0 heterocycles. The first kappa shape index (κ1) is 14.2. The molecule has 0 radical (unpaired) electrons. The average molecular weight is 246 g/mol. The molecule has 0 amide bonds. The van der Waals surface area contributed by atoms with E-state index in [0.29, 0.717) is 0 Å². The minimum absolute atomic E-state index is 0.151. The Labute approximate surface area is 85.2 Å². The molecular weight excluding hydrogens is 228 g/mol. The van der Waals surface area contributed by atoms with Crippen molar-refractivity contribution in [1.82, 2.24) is 0 Å². The smallest absolute Gasteiger partial charge is 0.268 e. The lowest BCUT2D eigenvalue weighted by atomic mass is 10.4. The molecule has 0 rings (SSSR count). The zero-order valence-electron chi connectivity index (χ0n) is 9.08. The van der Waals surface area contributed by atoms with E-state index in [2.05, 4.69) is 0 Å². The van der Waals surface area contributed by atoms with Crippen molar-refractivity contribution in [3.63, 3.8) is 0 Å². The van der Waals surface area contributed by atoms with E-state index >= 15 is 0 Å². The predicted molar refractivity (Wildman–Crippen MR) is 55.4 cm³/mol. The Kier molecular flexibility index (Phi) is 4.84. The maximum atomic E-state index is 13.5. The summed E-state index contributed by atoms with van der Waals surface area (Å²) in [4.78, 5) is 0. The molecule has 6 heteroatoms. The van der Waals surface area contributed by atoms with E-state index in [9.17, 15) is 16.4 Å². The van der Waals surface area contributed by atoms with E-state index in [1.54, 1.807) is 13.8 Å². The lowest BCUT2D eigenvalue weighted by Crippen LogP contribution is -2.56. The fourth-order valence-corrected chi connectivity index (χ4v) is 8.68. The molecule has 0 spiro atoms. The highest BCUT2D eigenvalue weighted by Gasteiger charge is 2.69. The average Bonchev–Trinajstić information content (AvgIpc) is 2.14. The normalized spacial score (nSPS) is 18.0. The first-order chi connectivity index (χ1) is 6.21. The molecular formula is C8H18F4Si2. The summed E-state index contributed by atoms with van der Waals surface area (Å²) < 4.78 is 53.9. The first-order valence-corrected chi connectivity index (χ1v) is 9.64. The van der Waals surface area contributed by atoms with Gasteiger partial charge in [0.2, 0.25) is 0 Å². The van der Waals surface area contributed by atoms with Crippen LogP contribution >= 0.6 is 0 Å². The van der Waals surface area contributed by atoms with Gasteiger partial charge in [0.15, 0.2) is 0 Å². The SMILES string of the molecule is CCC(C)[Si](F)(F)[Si](F)(F)C(C)CC. The van der Waals surface area contributed by atoms with Gasteiger partial charge in [-0.15, -0.1) is 0 Å². The standard InChI is InChI=1S/C8H18F4Si2/c1-5-7(3)13(9,10)14(11,12)8(4)6-2/h7-8H,5-6H2,1-4H3. The van der Waals surface area contributed by atoms with Crippen LogP contribution < -0.4 is 0 Å². The fourth-order valence-electron chi connectivity index (χ4n) is 1.17. The Morgan fingerprint density at radius 3 is 1.14 bits per heavy atom. The van der Waals surface area contributed by atoms with E-state index in [0.717, 1.165) is 0 Å². The van der Waals surface area contributed by atoms with Crippen LogP contribution in [0.4, 0.5) is 16.4 Å². The highest BCUT2D eigenvalue weighted by Crippen LogP contribution is 2.44. The van der Waals surface area contributed by atoms with Crippen molar-refractivity contribution in [2.75, 3.05) is 0 Å². The summed E-state index contributed by atoms with van der Waals surface area (Å²) in [6, 6.07) is 0. The third-order valence-electron chi connectivity index (χ3n) is 2.91. The second kappa shape index (κ2) is 4.78.